The van der Waals surface area contributed by atoms with Crippen LogP contribution >= 0.6 is 0 Å². The number of carbonyl (C=O) groups is 4. The van der Waals surface area contributed by atoms with Gasteiger partial charge >= 0.3 is 17.8 Å². The largest absolute Gasteiger partial charge is 0.334 e. The van der Waals surface area contributed by atoms with E-state index in [0.29, 0.717) is 16.2 Å². The molecule has 0 atom stereocenters. The summed E-state index contributed by atoms with van der Waals surface area (Å²) in [6.45, 7) is 3.20. The van der Waals surface area contributed by atoms with Crippen LogP contribution in [0.25, 0.3) is 0 Å². The van der Waals surface area contributed by atoms with Gasteiger partial charge in [-0.25, -0.2) is 9.69 Å². The third-order valence-corrected chi connectivity index (χ3v) is 3.28. The number of nitrogens with zero attached hydrogens (tertiary/aromatic N) is 3. The fourth-order valence-corrected chi connectivity index (χ4v) is 2.19. The predicted octanol–water partition coefficient (Wildman–Crippen LogP) is 0.944. The summed E-state index contributed by atoms with van der Waals surface area (Å²) >= 11 is 0. The number of nitrogens with one attached hydrogen (secondary N) is 1. The zero-order chi connectivity index (χ0) is 17.9. The second kappa shape index (κ2) is 6.91. The number of imide groups is 2. The van der Waals surface area contributed by atoms with Gasteiger partial charge in [-0.3, -0.25) is 19.3 Å². The van der Waals surface area contributed by atoms with E-state index >= 15 is 0 Å². The first-order valence-electron chi connectivity index (χ1n) is 7.30. The van der Waals surface area contributed by atoms with Crippen LogP contribution < -0.4 is 5.32 Å². The number of hydrogen-bond acceptors (Lipinski definition) is 5. The van der Waals surface area contributed by atoms with E-state index in [4.69, 9.17) is 5.26 Å². The average molecular weight is 328 g/mol. The number of amides is 5. The molecule has 0 saturated carbocycles. The Bertz CT molecular complexity index is 733. The smallest absolute Gasteiger partial charge is 0.325 e. The van der Waals surface area contributed by atoms with Crippen molar-refractivity contribution in [3.05, 3.63) is 29.8 Å². The van der Waals surface area contributed by atoms with Crippen LogP contribution in [0, 0.1) is 17.2 Å². The van der Waals surface area contributed by atoms with Crippen molar-refractivity contribution < 1.29 is 19.2 Å². The van der Waals surface area contributed by atoms with Crippen molar-refractivity contribution in [1.29, 1.82) is 5.26 Å². The van der Waals surface area contributed by atoms with Gasteiger partial charge in [-0.1, -0.05) is 13.8 Å². The van der Waals surface area contributed by atoms with E-state index < -0.39 is 30.3 Å². The molecule has 8 heteroatoms. The molecule has 124 valence electrons. The SMILES string of the molecule is CC(C)CN1C(=O)C(=O)N(CC(=O)Nc2ccc(C#N)cc2)C1=O. The number of nitriles is 1. The molecule has 1 N–H and O–H groups in total. The molecular weight excluding hydrogens is 312 g/mol. The second-order valence-corrected chi connectivity index (χ2v) is 5.72. The lowest BCUT2D eigenvalue weighted by Gasteiger charge is -2.16. The van der Waals surface area contributed by atoms with Crippen LogP contribution in [0.3, 0.4) is 0 Å². The summed E-state index contributed by atoms with van der Waals surface area (Å²) in [4.78, 5) is 49.3. The average Bonchev–Trinajstić information content (AvgIpc) is 2.73. The molecule has 1 aromatic rings. The van der Waals surface area contributed by atoms with E-state index in [-0.39, 0.29) is 12.5 Å². The van der Waals surface area contributed by atoms with E-state index in [9.17, 15) is 19.2 Å². The Labute approximate surface area is 138 Å². The van der Waals surface area contributed by atoms with Crippen molar-refractivity contribution >= 4 is 29.4 Å². The normalized spacial score (nSPS) is 14.3. The van der Waals surface area contributed by atoms with Crippen molar-refractivity contribution in [2.75, 3.05) is 18.4 Å². The van der Waals surface area contributed by atoms with Gasteiger partial charge < -0.3 is 5.32 Å². The molecule has 5 amide bonds. The molecule has 1 aromatic carbocycles. The van der Waals surface area contributed by atoms with E-state index in [1.807, 2.05) is 19.9 Å². The Kier molecular flexibility index (Phi) is 4.94. The highest BCUT2D eigenvalue weighted by atomic mass is 16.2. The van der Waals surface area contributed by atoms with Crippen molar-refractivity contribution in [2.24, 2.45) is 5.92 Å². The van der Waals surface area contributed by atoms with Gasteiger partial charge in [0.05, 0.1) is 11.6 Å². The topological polar surface area (TPSA) is 111 Å². The number of rotatable bonds is 5. The summed E-state index contributed by atoms with van der Waals surface area (Å²) in [6.07, 6.45) is 0. The van der Waals surface area contributed by atoms with Gasteiger partial charge in [-0.2, -0.15) is 5.26 Å². The fourth-order valence-electron chi connectivity index (χ4n) is 2.19. The van der Waals surface area contributed by atoms with Crippen LogP contribution in [-0.4, -0.2) is 46.6 Å². The fraction of sp³-hybridized carbons (Fsp3) is 0.312. The van der Waals surface area contributed by atoms with Gasteiger partial charge in [-0.05, 0) is 30.2 Å². The molecule has 0 radical (unpaired) electrons. The van der Waals surface area contributed by atoms with Crippen LogP contribution in [0.5, 0.6) is 0 Å². The van der Waals surface area contributed by atoms with E-state index in [1.54, 1.807) is 0 Å². The van der Waals surface area contributed by atoms with E-state index in [1.165, 1.54) is 24.3 Å². The summed E-state index contributed by atoms with van der Waals surface area (Å²) in [6, 6.07) is 7.27. The van der Waals surface area contributed by atoms with Crippen molar-refractivity contribution in [1.82, 2.24) is 9.80 Å². The lowest BCUT2D eigenvalue weighted by Crippen LogP contribution is -2.39. The summed E-state index contributed by atoms with van der Waals surface area (Å²) in [5, 5.41) is 11.2. The van der Waals surface area contributed by atoms with Gasteiger partial charge in [0.1, 0.15) is 6.54 Å². The Morgan fingerprint density at radius 3 is 2.25 bits per heavy atom. The lowest BCUT2D eigenvalue weighted by molar-refractivity contribution is -0.143. The molecule has 1 heterocycles. The van der Waals surface area contributed by atoms with Gasteiger partial charge in [0, 0.05) is 12.2 Å². The standard InChI is InChI=1S/C16H16N4O4/c1-10(2)8-19-14(22)15(23)20(16(19)24)9-13(21)18-12-5-3-11(7-17)4-6-12/h3-6,10H,8-9H2,1-2H3,(H,18,21). The van der Waals surface area contributed by atoms with Crippen LogP contribution in [0.4, 0.5) is 10.5 Å². The van der Waals surface area contributed by atoms with Crippen LogP contribution in [-0.2, 0) is 14.4 Å². The summed E-state index contributed by atoms with van der Waals surface area (Å²) in [7, 11) is 0. The molecule has 24 heavy (non-hydrogen) atoms. The maximum Gasteiger partial charge on any atom is 0.334 e. The first kappa shape index (κ1) is 17.1. The first-order chi connectivity index (χ1) is 11.3. The second-order valence-electron chi connectivity index (χ2n) is 5.72. The highest BCUT2D eigenvalue weighted by Crippen LogP contribution is 2.15. The third kappa shape index (κ3) is 3.57. The molecule has 1 fully saturated rings. The molecule has 8 nitrogen and oxygen atoms in total. The molecule has 1 saturated heterocycles. The quantitative estimate of drug-likeness (QED) is 0.639. The summed E-state index contributed by atoms with van der Waals surface area (Å²) < 4.78 is 0. The number of anilines is 1. The van der Waals surface area contributed by atoms with Crippen molar-refractivity contribution in [3.8, 4) is 6.07 Å². The molecule has 1 aliphatic heterocycles. The van der Waals surface area contributed by atoms with Crippen LogP contribution in [0.1, 0.15) is 19.4 Å². The van der Waals surface area contributed by atoms with Crippen molar-refractivity contribution in [2.45, 2.75) is 13.8 Å². The minimum atomic E-state index is -1.00. The maximum atomic E-state index is 12.1. The molecule has 0 spiro atoms. The third-order valence-electron chi connectivity index (χ3n) is 3.28. The van der Waals surface area contributed by atoms with Gasteiger partial charge in [0.15, 0.2) is 0 Å². The van der Waals surface area contributed by atoms with Gasteiger partial charge in [0.25, 0.3) is 0 Å². The number of hydrogen-bond donors (Lipinski definition) is 1. The minimum Gasteiger partial charge on any atom is -0.325 e. The molecule has 0 aliphatic carbocycles. The molecule has 0 aromatic heterocycles. The lowest BCUT2D eigenvalue weighted by atomic mass is 10.2. The highest BCUT2D eigenvalue weighted by molar-refractivity contribution is 6.45. The first-order valence-corrected chi connectivity index (χ1v) is 7.30. The Hall–Kier alpha value is -3.21. The number of urea groups is 1. The molecular formula is C16H16N4O4. The molecule has 0 bridgehead atoms. The summed E-state index contributed by atoms with van der Waals surface area (Å²) in [5.41, 5.74) is 0.858. The van der Waals surface area contributed by atoms with E-state index in [0.717, 1.165) is 4.90 Å². The minimum absolute atomic E-state index is 0.0122. The van der Waals surface area contributed by atoms with Crippen LogP contribution in [0.15, 0.2) is 24.3 Å². The van der Waals surface area contributed by atoms with Crippen molar-refractivity contribution in [3.63, 3.8) is 0 Å². The van der Waals surface area contributed by atoms with E-state index in [2.05, 4.69) is 5.32 Å². The maximum absolute atomic E-state index is 12.1. The zero-order valence-corrected chi connectivity index (χ0v) is 13.3. The monoisotopic (exact) mass is 328 g/mol. The number of benzene rings is 1. The number of carbonyl (C=O) groups excluding carboxylic acids is 4. The Morgan fingerprint density at radius 1 is 1.12 bits per heavy atom. The summed E-state index contributed by atoms with van der Waals surface area (Å²) in [5.74, 6) is -2.52. The predicted molar refractivity (Wildman–Crippen MR) is 83.4 cm³/mol. The van der Waals surface area contributed by atoms with Gasteiger partial charge in [0.2, 0.25) is 5.91 Å². The Balaban J connectivity index is 2.02. The molecule has 0 unspecified atom stereocenters. The van der Waals surface area contributed by atoms with Gasteiger partial charge in [-0.15, -0.1) is 0 Å². The Morgan fingerprint density at radius 2 is 1.71 bits per heavy atom. The zero-order valence-electron chi connectivity index (χ0n) is 13.3. The van der Waals surface area contributed by atoms with Crippen LogP contribution in [0.2, 0.25) is 0 Å². The highest BCUT2D eigenvalue weighted by Gasteiger charge is 2.45. The molecule has 1 aliphatic rings. The molecule has 2 rings (SSSR count).